The summed E-state index contributed by atoms with van der Waals surface area (Å²) in [6, 6.07) is 0. The maximum absolute atomic E-state index is 10.9. The maximum Gasteiger partial charge on any atom is 0.304 e. The number of carbonyl (C=O) groups is 1. The fourth-order valence-electron chi connectivity index (χ4n) is 3.08. The van der Waals surface area contributed by atoms with Crippen LogP contribution in [-0.2, 0) is 18.9 Å². The lowest BCUT2D eigenvalue weighted by atomic mass is 9.94. The first-order valence-electron chi connectivity index (χ1n) is 6.56. The van der Waals surface area contributed by atoms with Gasteiger partial charge >= 0.3 is 5.97 Å². The van der Waals surface area contributed by atoms with Crippen LogP contribution in [0.1, 0.15) is 45.4 Å². The van der Waals surface area contributed by atoms with Crippen LogP contribution in [0.5, 0.6) is 0 Å². The molecular formula is C12H21BO4. The van der Waals surface area contributed by atoms with Crippen LogP contribution < -0.4 is 0 Å². The zero-order valence-electron chi connectivity index (χ0n) is 10.7. The van der Waals surface area contributed by atoms with Crippen molar-refractivity contribution in [2.24, 2.45) is 5.92 Å². The lowest BCUT2D eigenvalue weighted by molar-refractivity contribution is -0.179. The molecule has 2 rings (SSSR count). The number of rotatable bonds is 4. The molecule has 0 spiro atoms. The molecule has 0 radical (unpaired) electrons. The lowest BCUT2D eigenvalue weighted by Gasteiger charge is -2.28. The fourth-order valence-corrected chi connectivity index (χ4v) is 3.08. The summed E-state index contributed by atoms with van der Waals surface area (Å²) in [6.45, 7) is 1.42. The molecule has 0 aromatic carbocycles. The van der Waals surface area contributed by atoms with Crippen LogP contribution in [-0.4, -0.2) is 32.5 Å². The Bertz CT molecular complexity index is 265. The molecule has 2 aliphatic rings. The van der Waals surface area contributed by atoms with E-state index < -0.39 is 0 Å². The van der Waals surface area contributed by atoms with Gasteiger partial charge in [-0.05, 0) is 25.2 Å². The molecule has 0 N–H and O–H groups in total. The Balaban J connectivity index is 1.86. The third-order valence-electron chi connectivity index (χ3n) is 3.81. The minimum absolute atomic E-state index is 0.0902. The van der Waals surface area contributed by atoms with Crippen molar-refractivity contribution in [1.82, 2.24) is 0 Å². The molecule has 0 aromatic heterocycles. The number of ether oxygens (including phenoxy) is 2. The normalized spacial score (nSPS) is 31.6. The van der Waals surface area contributed by atoms with Crippen molar-refractivity contribution < 1.29 is 18.9 Å². The quantitative estimate of drug-likeness (QED) is 0.546. The van der Waals surface area contributed by atoms with Gasteiger partial charge in [0.2, 0.25) is 6.29 Å². The predicted octanol–water partition coefficient (Wildman–Crippen LogP) is 1.18. The second-order valence-electron chi connectivity index (χ2n) is 5.04. The summed E-state index contributed by atoms with van der Waals surface area (Å²) in [6.07, 6.45) is 6.66. The summed E-state index contributed by atoms with van der Waals surface area (Å²) in [5.41, 5.74) is 0. The van der Waals surface area contributed by atoms with Gasteiger partial charge in [-0.2, -0.15) is 0 Å². The molecule has 3 unspecified atom stereocenters. The zero-order valence-corrected chi connectivity index (χ0v) is 10.7. The van der Waals surface area contributed by atoms with Gasteiger partial charge in [-0.3, -0.25) is 4.79 Å². The summed E-state index contributed by atoms with van der Waals surface area (Å²) < 4.78 is 16.5. The van der Waals surface area contributed by atoms with E-state index in [1.165, 1.54) is 32.6 Å². The first-order chi connectivity index (χ1) is 8.20. The van der Waals surface area contributed by atoms with Gasteiger partial charge in [-0.25, -0.2) is 0 Å². The third kappa shape index (κ3) is 3.22. The van der Waals surface area contributed by atoms with E-state index in [1.54, 1.807) is 8.05 Å². The first-order valence-corrected chi connectivity index (χ1v) is 6.56. The van der Waals surface area contributed by atoms with Gasteiger partial charge < -0.3 is 14.1 Å². The Morgan fingerprint density at radius 3 is 2.59 bits per heavy atom. The molecule has 0 amide bonds. The van der Waals surface area contributed by atoms with E-state index in [2.05, 4.69) is 0 Å². The molecule has 17 heavy (non-hydrogen) atoms. The smallest absolute Gasteiger partial charge is 0.304 e. The van der Waals surface area contributed by atoms with Gasteiger partial charge in [0.05, 0.1) is 12.2 Å². The maximum atomic E-state index is 10.9. The molecular weight excluding hydrogens is 219 g/mol. The molecule has 5 heteroatoms. The van der Waals surface area contributed by atoms with E-state index in [1.807, 2.05) is 0 Å². The van der Waals surface area contributed by atoms with E-state index in [0.717, 1.165) is 12.8 Å². The van der Waals surface area contributed by atoms with Crippen LogP contribution in [0.25, 0.3) is 0 Å². The van der Waals surface area contributed by atoms with Crippen molar-refractivity contribution >= 4 is 14.0 Å². The Labute approximate surface area is 103 Å². The van der Waals surface area contributed by atoms with E-state index in [9.17, 15) is 4.79 Å². The summed E-state index contributed by atoms with van der Waals surface area (Å²) >= 11 is 0. The summed E-state index contributed by atoms with van der Waals surface area (Å²) in [5, 5.41) is 0. The molecule has 1 aliphatic carbocycles. The van der Waals surface area contributed by atoms with E-state index >= 15 is 0 Å². The minimum Gasteiger partial charge on any atom is -0.438 e. The molecule has 96 valence electrons. The van der Waals surface area contributed by atoms with Gasteiger partial charge in [-0.15, -0.1) is 0 Å². The molecule has 2 fully saturated rings. The first kappa shape index (κ1) is 12.9. The summed E-state index contributed by atoms with van der Waals surface area (Å²) in [4.78, 5) is 10.9. The molecule has 1 aliphatic heterocycles. The minimum atomic E-state index is -0.364. The Morgan fingerprint density at radius 2 is 2.00 bits per heavy atom. The molecule has 1 saturated heterocycles. The van der Waals surface area contributed by atoms with Crippen molar-refractivity contribution in [3.63, 3.8) is 0 Å². The average molecular weight is 240 g/mol. The van der Waals surface area contributed by atoms with Gasteiger partial charge in [0.25, 0.3) is 8.05 Å². The third-order valence-corrected chi connectivity index (χ3v) is 3.81. The van der Waals surface area contributed by atoms with Crippen molar-refractivity contribution in [2.75, 3.05) is 0 Å². The number of hydrogen-bond donors (Lipinski definition) is 0. The molecule has 3 atom stereocenters. The number of esters is 1. The SMILES string of the molecule is BOC(C1CCCC1)C1CCC(OC(C)=O)O1. The molecule has 4 nitrogen and oxygen atoms in total. The topological polar surface area (TPSA) is 44.8 Å². The second-order valence-corrected chi connectivity index (χ2v) is 5.04. The average Bonchev–Trinajstić information content (AvgIpc) is 2.90. The fraction of sp³-hybridized carbons (Fsp3) is 0.917. The number of carbonyl (C=O) groups excluding carboxylic acids is 1. The lowest BCUT2D eigenvalue weighted by Crippen LogP contribution is -2.35. The van der Waals surface area contributed by atoms with Crippen LogP contribution in [0.4, 0.5) is 0 Å². The van der Waals surface area contributed by atoms with Crippen LogP contribution in [0.2, 0.25) is 0 Å². The molecule has 0 aromatic rings. The Morgan fingerprint density at radius 1 is 1.29 bits per heavy atom. The highest BCUT2D eigenvalue weighted by Crippen LogP contribution is 2.35. The van der Waals surface area contributed by atoms with Gasteiger partial charge in [-0.1, -0.05) is 12.8 Å². The van der Waals surface area contributed by atoms with Crippen LogP contribution in [0, 0.1) is 5.92 Å². The molecule has 0 bridgehead atoms. The molecule has 1 heterocycles. The largest absolute Gasteiger partial charge is 0.438 e. The second kappa shape index (κ2) is 5.87. The highest BCUT2D eigenvalue weighted by molar-refractivity contribution is 5.98. The van der Waals surface area contributed by atoms with E-state index in [0.29, 0.717) is 5.92 Å². The number of hydrogen-bond acceptors (Lipinski definition) is 4. The summed E-state index contributed by atoms with van der Waals surface area (Å²) in [7, 11) is 1.76. The Kier molecular flexibility index (Phi) is 4.45. The predicted molar refractivity (Wildman–Crippen MR) is 65.0 cm³/mol. The van der Waals surface area contributed by atoms with Gasteiger partial charge in [0.1, 0.15) is 0 Å². The van der Waals surface area contributed by atoms with E-state index in [4.69, 9.17) is 14.1 Å². The van der Waals surface area contributed by atoms with Crippen LogP contribution >= 0.6 is 0 Å². The van der Waals surface area contributed by atoms with Crippen molar-refractivity contribution in [3.05, 3.63) is 0 Å². The van der Waals surface area contributed by atoms with E-state index in [-0.39, 0.29) is 24.5 Å². The molecule has 1 saturated carbocycles. The standard InChI is InChI=1S/C12H21BO4/c1-8(14)15-11-7-6-10(16-11)12(17-13)9-4-2-3-5-9/h9-12H,2-7,13H2,1H3. The Hall–Kier alpha value is -0.545. The highest BCUT2D eigenvalue weighted by Gasteiger charge is 2.37. The van der Waals surface area contributed by atoms with Crippen molar-refractivity contribution in [2.45, 2.75) is 63.9 Å². The van der Waals surface area contributed by atoms with Crippen molar-refractivity contribution in [1.29, 1.82) is 0 Å². The van der Waals surface area contributed by atoms with Crippen LogP contribution in [0.3, 0.4) is 0 Å². The highest BCUT2D eigenvalue weighted by atomic mass is 16.7. The van der Waals surface area contributed by atoms with Gasteiger partial charge in [0, 0.05) is 13.3 Å². The monoisotopic (exact) mass is 240 g/mol. The van der Waals surface area contributed by atoms with Crippen LogP contribution in [0.15, 0.2) is 0 Å². The van der Waals surface area contributed by atoms with Gasteiger partial charge in [0.15, 0.2) is 0 Å². The summed E-state index contributed by atoms with van der Waals surface area (Å²) in [5.74, 6) is 0.339. The van der Waals surface area contributed by atoms with Crippen molar-refractivity contribution in [3.8, 4) is 0 Å². The zero-order chi connectivity index (χ0) is 12.3.